The molecule has 0 fully saturated rings. The van der Waals surface area contributed by atoms with Gasteiger partial charge in [0.25, 0.3) is 0 Å². The molecule has 0 aliphatic carbocycles. The Labute approximate surface area is 90.7 Å². The molecule has 0 aromatic carbocycles. The Morgan fingerprint density at radius 2 is 2.00 bits per heavy atom. The second-order valence-corrected chi connectivity index (χ2v) is 3.19. The summed E-state index contributed by atoms with van der Waals surface area (Å²) in [7, 11) is 0. The van der Waals surface area contributed by atoms with E-state index in [1.807, 2.05) is 6.92 Å². The van der Waals surface area contributed by atoms with Gasteiger partial charge in [0.1, 0.15) is 6.54 Å². The Bertz CT molecular complexity index is 246. The van der Waals surface area contributed by atoms with Gasteiger partial charge in [0.15, 0.2) is 5.78 Å². The summed E-state index contributed by atoms with van der Waals surface area (Å²) in [5.41, 5.74) is 0.640. The third kappa shape index (κ3) is 6.71. The minimum atomic E-state index is -0.315. The Kier molecular flexibility index (Phi) is 7.32. The molecule has 0 bridgehead atoms. The minimum absolute atomic E-state index is 0.102. The molecule has 4 heteroatoms. The fourth-order valence-electron chi connectivity index (χ4n) is 1.00. The number of rotatable bonds is 7. The van der Waals surface area contributed by atoms with E-state index in [2.05, 4.69) is 5.32 Å². The first-order valence-electron chi connectivity index (χ1n) is 5.20. The molecular formula is C11H19NO3. The van der Waals surface area contributed by atoms with Crippen molar-refractivity contribution in [1.29, 1.82) is 0 Å². The van der Waals surface area contributed by atoms with Crippen molar-refractivity contribution in [3.05, 3.63) is 11.8 Å². The van der Waals surface area contributed by atoms with Gasteiger partial charge in [-0.25, -0.2) is 0 Å². The smallest absolute Gasteiger partial charge is 0.325 e. The van der Waals surface area contributed by atoms with Gasteiger partial charge in [-0.1, -0.05) is 6.92 Å². The summed E-state index contributed by atoms with van der Waals surface area (Å²) in [4.78, 5) is 22.2. The van der Waals surface area contributed by atoms with E-state index in [0.717, 1.165) is 6.42 Å². The predicted molar refractivity (Wildman–Crippen MR) is 58.3 cm³/mol. The number of hydrogen-bond acceptors (Lipinski definition) is 4. The van der Waals surface area contributed by atoms with Crippen molar-refractivity contribution < 1.29 is 14.3 Å². The second-order valence-electron chi connectivity index (χ2n) is 3.19. The first-order valence-corrected chi connectivity index (χ1v) is 5.20. The molecule has 15 heavy (non-hydrogen) atoms. The van der Waals surface area contributed by atoms with E-state index in [9.17, 15) is 9.59 Å². The zero-order valence-corrected chi connectivity index (χ0v) is 9.63. The highest BCUT2D eigenvalue weighted by Gasteiger charge is 2.03. The molecule has 0 saturated carbocycles. The Hall–Kier alpha value is -1.32. The first kappa shape index (κ1) is 13.7. The highest BCUT2D eigenvalue weighted by atomic mass is 16.5. The van der Waals surface area contributed by atoms with Crippen molar-refractivity contribution in [1.82, 2.24) is 5.32 Å². The van der Waals surface area contributed by atoms with Gasteiger partial charge < -0.3 is 10.1 Å². The molecule has 0 aromatic heterocycles. The number of hydrogen-bond donors (Lipinski definition) is 1. The van der Waals surface area contributed by atoms with E-state index in [4.69, 9.17) is 4.74 Å². The lowest BCUT2D eigenvalue weighted by molar-refractivity contribution is -0.141. The minimum Gasteiger partial charge on any atom is -0.465 e. The zero-order valence-electron chi connectivity index (χ0n) is 9.63. The third-order valence-electron chi connectivity index (χ3n) is 1.79. The van der Waals surface area contributed by atoms with E-state index in [-0.39, 0.29) is 18.3 Å². The molecule has 0 amide bonds. The first-order chi connectivity index (χ1) is 7.11. The Balaban J connectivity index is 3.85. The van der Waals surface area contributed by atoms with Crippen LogP contribution in [-0.2, 0) is 14.3 Å². The summed E-state index contributed by atoms with van der Waals surface area (Å²) in [5, 5.41) is 2.75. The fourth-order valence-corrected chi connectivity index (χ4v) is 1.00. The third-order valence-corrected chi connectivity index (χ3v) is 1.79. The van der Waals surface area contributed by atoms with Gasteiger partial charge in [-0.05, 0) is 20.3 Å². The molecule has 0 heterocycles. The normalized spacial score (nSPS) is 11.0. The van der Waals surface area contributed by atoms with Crippen LogP contribution >= 0.6 is 0 Å². The summed E-state index contributed by atoms with van der Waals surface area (Å²) in [6.07, 6.45) is 2.94. The molecule has 0 aliphatic heterocycles. The van der Waals surface area contributed by atoms with Crippen LogP contribution in [0.3, 0.4) is 0 Å². The molecule has 0 spiro atoms. The van der Waals surface area contributed by atoms with Gasteiger partial charge >= 0.3 is 5.97 Å². The molecule has 0 atom stereocenters. The number of carbonyl (C=O) groups is 2. The SMILES string of the molecule is CCCC(=O)/C(C)=C/NCC(=O)OCC. The van der Waals surface area contributed by atoms with Gasteiger partial charge in [-0.15, -0.1) is 0 Å². The van der Waals surface area contributed by atoms with E-state index < -0.39 is 0 Å². The highest BCUT2D eigenvalue weighted by molar-refractivity contribution is 5.94. The van der Waals surface area contributed by atoms with Crippen molar-refractivity contribution in [3.8, 4) is 0 Å². The lowest BCUT2D eigenvalue weighted by Crippen LogP contribution is -2.21. The maximum absolute atomic E-state index is 11.3. The standard InChI is InChI=1S/C11H19NO3/c1-4-6-10(13)9(3)7-12-8-11(14)15-5-2/h7,12H,4-6,8H2,1-3H3/b9-7+. The zero-order chi connectivity index (χ0) is 11.7. The lowest BCUT2D eigenvalue weighted by Gasteiger charge is -2.03. The maximum Gasteiger partial charge on any atom is 0.325 e. The monoisotopic (exact) mass is 213 g/mol. The number of carbonyl (C=O) groups excluding carboxylic acids is 2. The van der Waals surface area contributed by atoms with E-state index >= 15 is 0 Å². The number of ether oxygens (including phenoxy) is 1. The number of nitrogens with one attached hydrogen (secondary N) is 1. The van der Waals surface area contributed by atoms with Gasteiger partial charge in [-0.3, -0.25) is 9.59 Å². The molecule has 0 aliphatic rings. The average molecular weight is 213 g/mol. The van der Waals surface area contributed by atoms with Crippen molar-refractivity contribution >= 4 is 11.8 Å². The topological polar surface area (TPSA) is 55.4 Å². The van der Waals surface area contributed by atoms with Crippen LogP contribution in [0.5, 0.6) is 0 Å². The average Bonchev–Trinajstić information content (AvgIpc) is 2.18. The van der Waals surface area contributed by atoms with E-state index in [1.165, 1.54) is 0 Å². The summed E-state index contributed by atoms with van der Waals surface area (Å²) in [6.45, 7) is 5.92. The van der Waals surface area contributed by atoms with Crippen LogP contribution in [0.15, 0.2) is 11.8 Å². The van der Waals surface area contributed by atoms with Crippen LogP contribution < -0.4 is 5.32 Å². The summed E-state index contributed by atoms with van der Waals surface area (Å²) < 4.78 is 4.72. The number of Topliss-reactive ketones (excluding diaryl/α,β-unsaturated/α-hetero) is 1. The van der Waals surface area contributed by atoms with Gasteiger partial charge in [0, 0.05) is 18.2 Å². The van der Waals surface area contributed by atoms with Crippen LogP contribution in [0, 0.1) is 0 Å². The molecule has 0 rings (SSSR count). The van der Waals surface area contributed by atoms with Crippen molar-refractivity contribution in [3.63, 3.8) is 0 Å². The predicted octanol–water partition coefficient (Wildman–Crippen LogP) is 1.41. The Morgan fingerprint density at radius 3 is 2.53 bits per heavy atom. The summed E-state index contributed by atoms with van der Waals surface area (Å²) in [5.74, 6) is -0.210. The Morgan fingerprint density at radius 1 is 1.33 bits per heavy atom. The van der Waals surface area contributed by atoms with Gasteiger partial charge in [0.05, 0.1) is 6.61 Å². The fraction of sp³-hybridized carbons (Fsp3) is 0.636. The van der Waals surface area contributed by atoms with Crippen LogP contribution in [0.4, 0.5) is 0 Å². The summed E-state index contributed by atoms with van der Waals surface area (Å²) >= 11 is 0. The molecule has 1 N–H and O–H groups in total. The van der Waals surface area contributed by atoms with Crippen LogP contribution in [0.25, 0.3) is 0 Å². The molecule has 0 radical (unpaired) electrons. The molecular weight excluding hydrogens is 194 g/mol. The van der Waals surface area contributed by atoms with Gasteiger partial charge in [0.2, 0.25) is 0 Å². The largest absolute Gasteiger partial charge is 0.465 e. The number of allylic oxidation sites excluding steroid dienone is 1. The van der Waals surface area contributed by atoms with Crippen molar-refractivity contribution in [2.24, 2.45) is 0 Å². The van der Waals surface area contributed by atoms with Crippen LogP contribution in [0.1, 0.15) is 33.6 Å². The van der Waals surface area contributed by atoms with Crippen molar-refractivity contribution in [2.45, 2.75) is 33.6 Å². The van der Waals surface area contributed by atoms with Crippen molar-refractivity contribution in [2.75, 3.05) is 13.2 Å². The van der Waals surface area contributed by atoms with Gasteiger partial charge in [-0.2, -0.15) is 0 Å². The molecule has 86 valence electrons. The summed E-state index contributed by atoms with van der Waals surface area (Å²) in [6, 6.07) is 0. The van der Waals surface area contributed by atoms with E-state index in [0.29, 0.717) is 18.6 Å². The molecule has 4 nitrogen and oxygen atoms in total. The maximum atomic E-state index is 11.3. The van der Waals surface area contributed by atoms with Crippen LogP contribution in [0.2, 0.25) is 0 Å². The molecule has 0 saturated heterocycles. The molecule has 0 unspecified atom stereocenters. The number of esters is 1. The quantitative estimate of drug-likeness (QED) is 0.513. The second kappa shape index (κ2) is 8.03. The number of ketones is 1. The highest BCUT2D eigenvalue weighted by Crippen LogP contribution is 1.99. The van der Waals surface area contributed by atoms with Crippen LogP contribution in [-0.4, -0.2) is 24.9 Å². The van der Waals surface area contributed by atoms with E-state index in [1.54, 1.807) is 20.0 Å². The molecule has 0 aromatic rings. The lowest BCUT2D eigenvalue weighted by atomic mass is 10.1.